The van der Waals surface area contributed by atoms with Crippen LogP contribution < -0.4 is 4.74 Å². The molecule has 1 aliphatic carbocycles. The lowest BCUT2D eigenvalue weighted by Gasteiger charge is -2.19. The molecule has 0 radical (unpaired) electrons. The van der Waals surface area contributed by atoms with E-state index >= 15 is 0 Å². The molecule has 3 nitrogen and oxygen atoms in total. The number of aryl methyl sites for hydroxylation is 2. The molecule has 152 valence electrons. The van der Waals surface area contributed by atoms with Gasteiger partial charge in [0.1, 0.15) is 5.75 Å². The molecule has 0 N–H and O–H groups in total. The van der Waals surface area contributed by atoms with Crippen LogP contribution >= 0.6 is 0 Å². The molecule has 1 saturated carbocycles. The zero-order chi connectivity index (χ0) is 20.2. The van der Waals surface area contributed by atoms with E-state index < -0.39 is 14.6 Å². The maximum absolute atomic E-state index is 12.3. The van der Waals surface area contributed by atoms with E-state index in [-0.39, 0.29) is 5.75 Å². The number of rotatable bonds is 7. The maximum atomic E-state index is 12.3. The van der Waals surface area contributed by atoms with Crippen molar-refractivity contribution in [3.05, 3.63) is 65.2 Å². The number of ether oxygens (including phenoxy) is 1. The standard InChI is InChI=1S/C24H32O3S/c1-24(2,3)28(25,26)18-21-12-10-19(11-13-21)8-9-20-14-16-23(17-15-20)27-22-6-4-5-7-22/h10-17,22H,4-9,18H2,1-3H3. The van der Waals surface area contributed by atoms with E-state index in [4.69, 9.17) is 4.74 Å². The van der Waals surface area contributed by atoms with Gasteiger partial charge < -0.3 is 4.74 Å². The Kier molecular flexibility index (Phi) is 6.49. The molecule has 2 aromatic carbocycles. The molecule has 0 heterocycles. The first kappa shape index (κ1) is 20.9. The van der Waals surface area contributed by atoms with Crippen LogP contribution in [0.3, 0.4) is 0 Å². The Balaban J connectivity index is 1.52. The third-order valence-corrected chi connectivity index (χ3v) is 8.12. The van der Waals surface area contributed by atoms with Crippen LogP contribution in [0.2, 0.25) is 0 Å². The second-order valence-corrected chi connectivity index (χ2v) is 11.6. The summed E-state index contributed by atoms with van der Waals surface area (Å²) in [6, 6.07) is 16.4. The highest BCUT2D eigenvalue weighted by atomic mass is 32.2. The van der Waals surface area contributed by atoms with Gasteiger partial charge in [-0.3, -0.25) is 0 Å². The van der Waals surface area contributed by atoms with E-state index in [1.165, 1.54) is 36.8 Å². The molecule has 0 saturated heterocycles. The first-order chi connectivity index (χ1) is 13.2. The Morgan fingerprint density at radius 3 is 1.79 bits per heavy atom. The summed E-state index contributed by atoms with van der Waals surface area (Å²) in [7, 11) is -3.14. The van der Waals surface area contributed by atoms with Gasteiger partial charge in [-0.1, -0.05) is 36.4 Å². The zero-order valence-corrected chi connectivity index (χ0v) is 18.1. The van der Waals surface area contributed by atoms with Crippen LogP contribution in [0.5, 0.6) is 5.75 Å². The second-order valence-electron chi connectivity index (χ2n) is 8.86. The van der Waals surface area contributed by atoms with Crippen molar-refractivity contribution < 1.29 is 13.2 Å². The van der Waals surface area contributed by atoms with Gasteiger partial charge in [-0.15, -0.1) is 0 Å². The highest BCUT2D eigenvalue weighted by molar-refractivity contribution is 7.91. The molecule has 1 fully saturated rings. The Morgan fingerprint density at radius 2 is 1.29 bits per heavy atom. The van der Waals surface area contributed by atoms with Crippen LogP contribution in [0, 0.1) is 0 Å². The van der Waals surface area contributed by atoms with Crippen LogP contribution in [0.15, 0.2) is 48.5 Å². The van der Waals surface area contributed by atoms with Crippen molar-refractivity contribution in [2.75, 3.05) is 0 Å². The molecule has 0 aliphatic heterocycles. The summed E-state index contributed by atoms with van der Waals surface area (Å²) in [6.45, 7) is 5.25. The van der Waals surface area contributed by atoms with Gasteiger partial charge in [-0.25, -0.2) is 8.42 Å². The lowest BCUT2D eigenvalue weighted by molar-refractivity contribution is 0.210. The van der Waals surface area contributed by atoms with Gasteiger partial charge >= 0.3 is 0 Å². The van der Waals surface area contributed by atoms with Gasteiger partial charge in [0.15, 0.2) is 9.84 Å². The molecule has 2 aromatic rings. The normalized spacial score (nSPS) is 15.7. The van der Waals surface area contributed by atoms with Gasteiger partial charge in [-0.2, -0.15) is 0 Å². The predicted molar refractivity (Wildman–Crippen MR) is 116 cm³/mol. The molecule has 0 bridgehead atoms. The lowest BCUT2D eigenvalue weighted by Crippen LogP contribution is -2.29. The minimum atomic E-state index is -3.14. The number of hydrogen-bond acceptors (Lipinski definition) is 3. The van der Waals surface area contributed by atoms with Crippen molar-refractivity contribution in [1.29, 1.82) is 0 Å². The number of hydrogen-bond donors (Lipinski definition) is 0. The fraction of sp³-hybridized carbons (Fsp3) is 0.500. The Labute approximate surface area is 170 Å². The fourth-order valence-electron chi connectivity index (χ4n) is 3.46. The smallest absolute Gasteiger partial charge is 0.159 e. The fourth-order valence-corrected chi connectivity index (χ4v) is 4.52. The maximum Gasteiger partial charge on any atom is 0.159 e. The van der Waals surface area contributed by atoms with E-state index in [2.05, 4.69) is 24.3 Å². The predicted octanol–water partition coefficient (Wildman–Crippen LogP) is 5.51. The molecule has 0 atom stereocenters. The summed E-state index contributed by atoms with van der Waals surface area (Å²) in [5.74, 6) is 1.07. The van der Waals surface area contributed by atoms with E-state index in [1.54, 1.807) is 20.8 Å². The highest BCUT2D eigenvalue weighted by Crippen LogP contribution is 2.25. The molecule has 4 heteroatoms. The van der Waals surface area contributed by atoms with Crippen LogP contribution in [-0.4, -0.2) is 19.3 Å². The summed E-state index contributed by atoms with van der Waals surface area (Å²) < 4.78 is 30.0. The van der Waals surface area contributed by atoms with Crippen LogP contribution in [0.4, 0.5) is 0 Å². The van der Waals surface area contributed by atoms with Crippen molar-refractivity contribution in [3.8, 4) is 5.75 Å². The lowest BCUT2D eigenvalue weighted by atomic mass is 10.0. The zero-order valence-electron chi connectivity index (χ0n) is 17.3. The van der Waals surface area contributed by atoms with Gasteiger partial charge in [0.25, 0.3) is 0 Å². The van der Waals surface area contributed by atoms with Crippen LogP contribution in [0.25, 0.3) is 0 Å². The summed E-state index contributed by atoms with van der Waals surface area (Å²) in [5.41, 5.74) is 3.37. The van der Waals surface area contributed by atoms with Crippen LogP contribution in [-0.2, 0) is 28.4 Å². The minimum absolute atomic E-state index is 0.0965. The van der Waals surface area contributed by atoms with E-state index in [1.807, 2.05) is 24.3 Å². The monoisotopic (exact) mass is 400 g/mol. The number of benzene rings is 2. The molecule has 1 aliphatic rings. The van der Waals surface area contributed by atoms with Gasteiger partial charge in [-0.05, 0) is 88.1 Å². The number of sulfone groups is 1. The summed E-state index contributed by atoms with van der Waals surface area (Å²) in [4.78, 5) is 0. The van der Waals surface area contributed by atoms with E-state index in [9.17, 15) is 8.42 Å². The molecule has 3 rings (SSSR count). The Bertz CT molecular complexity index is 854. The van der Waals surface area contributed by atoms with E-state index in [0.29, 0.717) is 6.10 Å². The summed E-state index contributed by atoms with van der Waals surface area (Å²) in [5, 5.41) is 0. The molecule has 28 heavy (non-hydrogen) atoms. The van der Waals surface area contributed by atoms with E-state index in [0.717, 1.165) is 24.2 Å². The first-order valence-corrected chi connectivity index (χ1v) is 11.9. The molecule has 0 unspecified atom stereocenters. The average molecular weight is 401 g/mol. The quantitative estimate of drug-likeness (QED) is 0.616. The first-order valence-electron chi connectivity index (χ1n) is 10.3. The molecule has 0 aromatic heterocycles. The Hall–Kier alpha value is -1.81. The summed E-state index contributed by atoms with van der Waals surface area (Å²) >= 11 is 0. The molecule has 0 amide bonds. The van der Waals surface area contributed by atoms with Gasteiger partial charge in [0.2, 0.25) is 0 Å². The van der Waals surface area contributed by atoms with Crippen molar-refractivity contribution in [1.82, 2.24) is 0 Å². The topological polar surface area (TPSA) is 43.4 Å². The van der Waals surface area contributed by atoms with Crippen molar-refractivity contribution in [3.63, 3.8) is 0 Å². The van der Waals surface area contributed by atoms with Crippen LogP contribution in [0.1, 0.15) is 63.1 Å². The van der Waals surface area contributed by atoms with Gasteiger partial charge in [0.05, 0.1) is 16.6 Å². The van der Waals surface area contributed by atoms with Crippen molar-refractivity contribution in [2.24, 2.45) is 0 Å². The molecular formula is C24H32O3S. The second kappa shape index (κ2) is 8.69. The minimum Gasteiger partial charge on any atom is -0.490 e. The highest BCUT2D eigenvalue weighted by Gasteiger charge is 2.28. The van der Waals surface area contributed by atoms with Crippen molar-refractivity contribution >= 4 is 9.84 Å². The van der Waals surface area contributed by atoms with Crippen molar-refractivity contribution in [2.45, 2.75) is 75.9 Å². The average Bonchev–Trinajstić information content (AvgIpc) is 3.14. The van der Waals surface area contributed by atoms with Gasteiger partial charge in [0, 0.05) is 0 Å². The summed E-state index contributed by atoms with van der Waals surface area (Å²) in [6.07, 6.45) is 7.21. The third-order valence-electron chi connectivity index (χ3n) is 5.54. The molecular weight excluding hydrogens is 368 g/mol. The Morgan fingerprint density at radius 1 is 0.821 bits per heavy atom. The SMILES string of the molecule is CC(C)(C)S(=O)(=O)Cc1ccc(CCc2ccc(OC3CCCC3)cc2)cc1. The largest absolute Gasteiger partial charge is 0.490 e. The third kappa shape index (κ3) is 5.60. The molecule has 0 spiro atoms.